The maximum absolute atomic E-state index is 12.3. The number of fused-ring (bicyclic) bond motifs is 1. The van der Waals surface area contributed by atoms with Crippen LogP contribution in [0.15, 0.2) is 28.7 Å². The number of halogens is 1. The second-order valence-corrected chi connectivity index (χ2v) is 5.70. The summed E-state index contributed by atoms with van der Waals surface area (Å²) in [5.74, 6) is -0.0427. The van der Waals surface area contributed by atoms with Crippen molar-refractivity contribution >= 4 is 16.9 Å². The number of benzene rings is 1. The number of hydrogen-bond donors (Lipinski definition) is 0. The molecule has 0 N–H and O–H groups in total. The molecular formula is C18H26INO3. The number of rotatable bonds is 7. The van der Waals surface area contributed by atoms with Gasteiger partial charge in [0.15, 0.2) is 0 Å². The number of ether oxygens (including phenoxy) is 1. The molecule has 1 heterocycles. The maximum Gasteiger partial charge on any atom is 0.374 e. The van der Waals surface area contributed by atoms with Crippen LogP contribution in [0.4, 0.5) is 0 Å². The van der Waals surface area contributed by atoms with Crippen LogP contribution in [0.3, 0.4) is 0 Å². The van der Waals surface area contributed by atoms with E-state index in [0.717, 1.165) is 47.2 Å². The van der Waals surface area contributed by atoms with Crippen LogP contribution in [0.5, 0.6) is 0 Å². The van der Waals surface area contributed by atoms with Gasteiger partial charge >= 0.3 is 5.97 Å². The normalized spacial score (nSPS) is 11.3. The van der Waals surface area contributed by atoms with E-state index >= 15 is 0 Å². The van der Waals surface area contributed by atoms with E-state index in [1.54, 1.807) is 0 Å². The first-order valence-electron chi connectivity index (χ1n) is 8.07. The number of furan rings is 1. The van der Waals surface area contributed by atoms with Crippen LogP contribution in [-0.2, 0) is 4.74 Å². The van der Waals surface area contributed by atoms with Gasteiger partial charge in [-0.3, -0.25) is 0 Å². The molecule has 2 aromatic rings. The van der Waals surface area contributed by atoms with Gasteiger partial charge in [0, 0.05) is 10.9 Å². The summed E-state index contributed by atoms with van der Waals surface area (Å²) >= 11 is 0. The van der Waals surface area contributed by atoms with E-state index in [1.165, 1.54) is 0 Å². The molecule has 5 heteroatoms. The lowest BCUT2D eigenvalue weighted by Gasteiger charge is -2.35. The van der Waals surface area contributed by atoms with Crippen LogP contribution in [0, 0.1) is 6.92 Å². The summed E-state index contributed by atoms with van der Waals surface area (Å²) in [6.45, 7) is 12.8. The summed E-state index contributed by atoms with van der Waals surface area (Å²) in [4.78, 5) is 12.3. The van der Waals surface area contributed by atoms with Crippen LogP contribution in [0.1, 0.15) is 36.9 Å². The zero-order valence-corrected chi connectivity index (χ0v) is 16.6. The Labute approximate surface area is 155 Å². The van der Waals surface area contributed by atoms with E-state index in [9.17, 15) is 4.79 Å². The number of nitrogens with zero attached hydrogens (tertiary/aromatic N) is 1. The van der Waals surface area contributed by atoms with E-state index in [-0.39, 0.29) is 29.9 Å². The summed E-state index contributed by atoms with van der Waals surface area (Å²) in [6.07, 6.45) is 0. The predicted molar refractivity (Wildman–Crippen MR) is 88.0 cm³/mol. The lowest BCUT2D eigenvalue weighted by molar-refractivity contribution is -0.923. The van der Waals surface area contributed by atoms with Crippen molar-refractivity contribution in [3.05, 3.63) is 35.6 Å². The first-order chi connectivity index (χ1) is 10.6. The summed E-state index contributed by atoms with van der Waals surface area (Å²) < 4.78 is 12.1. The van der Waals surface area contributed by atoms with E-state index in [0.29, 0.717) is 12.4 Å². The molecule has 0 aliphatic carbocycles. The van der Waals surface area contributed by atoms with Crippen molar-refractivity contribution in [2.75, 3.05) is 32.8 Å². The van der Waals surface area contributed by atoms with Crippen LogP contribution in [0.2, 0.25) is 0 Å². The van der Waals surface area contributed by atoms with E-state index in [4.69, 9.17) is 9.15 Å². The van der Waals surface area contributed by atoms with E-state index in [1.807, 2.05) is 31.2 Å². The second-order valence-electron chi connectivity index (χ2n) is 5.70. The van der Waals surface area contributed by atoms with Crippen LogP contribution in [-0.4, -0.2) is 43.2 Å². The molecule has 0 spiro atoms. The van der Waals surface area contributed by atoms with Gasteiger partial charge in [-0.1, -0.05) is 18.2 Å². The van der Waals surface area contributed by atoms with Gasteiger partial charge in [0.25, 0.3) is 0 Å². The van der Waals surface area contributed by atoms with Crippen molar-refractivity contribution < 1.29 is 42.4 Å². The third kappa shape index (κ3) is 4.26. The largest absolute Gasteiger partial charge is 1.00 e. The van der Waals surface area contributed by atoms with Crippen molar-refractivity contribution in [1.82, 2.24) is 0 Å². The molecule has 128 valence electrons. The minimum Gasteiger partial charge on any atom is -1.00 e. The summed E-state index contributed by atoms with van der Waals surface area (Å²) in [5.41, 5.74) is 1.58. The first-order valence-corrected chi connectivity index (χ1v) is 8.07. The van der Waals surface area contributed by atoms with E-state index in [2.05, 4.69) is 20.8 Å². The Morgan fingerprint density at radius 3 is 2.30 bits per heavy atom. The molecule has 4 nitrogen and oxygen atoms in total. The Bertz CT molecular complexity index is 638. The number of quaternary nitrogens is 1. The second kappa shape index (κ2) is 8.68. The van der Waals surface area contributed by atoms with Gasteiger partial charge in [-0.2, -0.15) is 0 Å². The SMILES string of the molecule is CC[N+](CC)(CC)CCOC(=O)c1oc2ccccc2c1C.[I-]. The monoisotopic (exact) mass is 431 g/mol. The summed E-state index contributed by atoms with van der Waals surface area (Å²) in [7, 11) is 0. The fraction of sp³-hybridized carbons (Fsp3) is 0.500. The Morgan fingerprint density at radius 1 is 1.13 bits per heavy atom. The molecule has 0 saturated heterocycles. The van der Waals surface area contributed by atoms with Crippen molar-refractivity contribution in [2.45, 2.75) is 27.7 Å². The fourth-order valence-corrected chi connectivity index (χ4v) is 2.91. The highest BCUT2D eigenvalue weighted by atomic mass is 127. The molecule has 23 heavy (non-hydrogen) atoms. The zero-order valence-electron chi connectivity index (χ0n) is 14.4. The maximum atomic E-state index is 12.3. The fourth-order valence-electron chi connectivity index (χ4n) is 2.91. The molecule has 0 unspecified atom stereocenters. The molecule has 0 atom stereocenters. The standard InChI is InChI=1S/C18H26NO3.HI/c1-5-19(6-2,7-3)12-13-21-18(20)17-14(4)15-10-8-9-11-16(15)22-17;/h8-11H,5-7,12-13H2,1-4H3;1H/q+1;/p-1. The molecule has 0 fully saturated rings. The molecule has 0 saturated carbocycles. The van der Waals surface area contributed by atoms with Gasteiger partial charge in [-0.15, -0.1) is 0 Å². The van der Waals surface area contributed by atoms with Gasteiger partial charge in [0.2, 0.25) is 5.76 Å². The molecule has 0 amide bonds. The Balaban J connectivity index is 0.00000264. The third-order valence-electron chi connectivity index (χ3n) is 4.84. The third-order valence-corrected chi connectivity index (χ3v) is 4.84. The molecule has 0 aliphatic rings. The van der Waals surface area contributed by atoms with Gasteiger partial charge < -0.3 is 37.6 Å². The van der Waals surface area contributed by atoms with E-state index < -0.39 is 0 Å². The topological polar surface area (TPSA) is 39.4 Å². The number of para-hydroxylation sites is 1. The Hall–Kier alpha value is -1.08. The van der Waals surface area contributed by atoms with Crippen LogP contribution in [0.25, 0.3) is 11.0 Å². The number of aryl methyl sites for hydroxylation is 1. The number of likely N-dealkylation sites (N-methyl/N-ethyl adjacent to an activating group) is 1. The molecule has 1 aromatic heterocycles. The number of carbonyl (C=O) groups excluding carboxylic acids is 1. The lowest BCUT2D eigenvalue weighted by atomic mass is 10.1. The molecule has 0 aliphatic heterocycles. The van der Waals surface area contributed by atoms with Gasteiger partial charge in [0.1, 0.15) is 18.7 Å². The highest BCUT2D eigenvalue weighted by Gasteiger charge is 2.23. The molecule has 0 radical (unpaired) electrons. The zero-order chi connectivity index (χ0) is 16.2. The highest BCUT2D eigenvalue weighted by molar-refractivity contribution is 5.95. The highest BCUT2D eigenvalue weighted by Crippen LogP contribution is 2.25. The molecule has 2 rings (SSSR count). The van der Waals surface area contributed by atoms with Crippen molar-refractivity contribution in [1.29, 1.82) is 0 Å². The lowest BCUT2D eigenvalue weighted by Crippen LogP contribution is -3.00. The number of esters is 1. The average Bonchev–Trinajstić information content (AvgIpc) is 2.89. The smallest absolute Gasteiger partial charge is 0.374 e. The van der Waals surface area contributed by atoms with Crippen molar-refractivity contribution in [3.63, 3.8) is 0 Å². The molecular weight excluding hydrogens is 405 g/mol. The predicted octanol–water partition coefficient (Wildman–Crippen LogP) is 0.779. The minimum absolute atomic E-state index is 0. The average molecular weight is 431 g/mol. The van der Waals surface area contributed by atoms with Gasteiger partial charge in [-0.25, -0.2) is 4.79 Å². The van der Waals surface area contributed by atoms with Crippen LogP contribution >= 0.6 is 0 Å². The van der Waals surface area contributed by atoms with Crippen molar-refractivity contribution in [3.8, 4) is 0 Å². The Morgan fingerprint density at radius 2 is 1.74 bits per heavy atom. The van der Waals surface area contributed by atoms with Crippen LogP contribution < -0.4 is 24.0 Å². The summed E-state index contributed by atoms with van der Waals surface area (Å²) in [5, 5.41) is 0.968. The van der Waals surface area contributed by atoms with Gasteiger partial charge in [0.05, 0.1) is 19.6 Å². The summed E-state index contributed by atoms with van der Waals surface area (Å²) in [6, 6.07) is 7.66. The number of carbonyl (C=O) groups is 1. The minimum atomic E-state index is -0.366. The van der Waals surface area contributed by atoms with Crippen molar-refractivity contribution in [2.24, 2.45) is 0 Å². The molecule has 1 aromatic carbocycles. The first kappa shape index (κ1) is 20.0. The molecule has 0 bridgehead atoms. The van der Waals surface area contributed by atoms with Gasteiger partial charge in [-0.05, 0) is 33.8 Å². The Kier molecular flexibility index (Phi) is 7.54. The quantitative estimate of drug-likeness (QED) is 0.370. The number of hydrogen-bond acceptors (Lipinski definition) is 3.